The van der Waals surface area contributed by atoms with E-state index in [1.807, 2.05) is 20.8 Å². The van der Waals surface area contributed by atoms with E-state index in [1.54, 1.807) is 0 Å². The van der Waals surface area contributed by atoms with Gasteiger partial charge in [-0.3, -0.25) is 9.59 Å². The number of hydrogen-bond acceptors (Lipinski definition) is 2. The molecule has 0 aromatic rings. The van der Waals surface area contributed by atoms with Crippen LogP contribution in [0.15, 0.2) is 0 Å². The smallest absolute Gasteiger partial charge is 0.145 e. The quantitative estimate of drug-likeness (QED) is 0.709. The summed E-state index contributed by atoms with van der Waals surface area (Å²) < 4.78 is 0. The molecule has 0 amide bonds. The Hall–Kier alpha value is -0.660. The van der Waals surface area contributed by atoms with E-state index in [0.717, 1.165) is 19.3 Å². The van der Waals surface area contributed by atoms with Gasteiger partial charge in [0.1, 0.15) is 11.6 Å². The van der Waals surface area contributed by atoms with E-state index in [4.69, 9.17) is 0 Å². The predicted octanol–water partition coefficient (Wildman–Crippen LogP) is 4.41. The highest BCUT2D eigenvalue weighted by molar-refractivity contribution is 6.02. The van der Waals surface area contributed by atoms with Crippen molar-refractivity contribution < 1.29 is 9.59 Å². The fourth-order valence-corrected chi connectivity index (χ4v) is 3.64. The van der Waals surface area contributed by atoms with E-state index in [-0.39, 0.29) is 34.7 Å². The number of rotatable bonds is 3. The fourth-order valence-electron chi connectivity index (χ4n) is 3.64. The first-order valence-corrected chi connectivity index (χ1v) is 7.38. The molecular weight excluding hydrogens is 236 g/mol. The Labute approximate surface area is 118 Å². The normalized spacial score (nSPS) is 23.1. The largest absolute Gasteiger partial charge is 0.299 e. The topological polar surface area (TPSA) is 34.1 Å². The monoisotopic (exact) mass is 266 g/mol. The van der Waals surface area contributed by atoms with Crippen molar-refractivity contribution in [3.63, 3.8) is 0 Å². The molecule has 1 aliphatic rings. The van der Waals surface area contributed by atoms with Gasteiger partial charge in [0.25, 0.3) is 0 Å². The third kappa shape index (κ3) is 4.74. The second-order valence-electron chi connectivity index (χ2n) is 8.93. The Morgan fingerprint density at radius 3 is 1.79 bits per heavy atom. The van der Waals surface area contributed by atoms with Crippen molar-refractivity contribution in [2.45, 2.75) is 74.1 Å². The molecule has 0 unspecified atom stereocenters. The van der Waals surface area contributed by atoms with Gasteiger partial charge in [-0.2, -0.15) is 0 Å². The van der Waals surface area contributed by atoms with Gasteiger partial charge in [-0.25, -0.2) is 0 Å². The first-order valence-electron chi connectivity index (χ1n) is 7.38. The van der Waals surface area contributed by atoms with Crippen LogP contribution in [0.2, 0.25) is 0 Å². The molecule has 0 spiro atoms. The second kappa shape index (κ2) is 5.03. The van der Waals surface area contributed by atoms with Crippen molar-refractivity contribution in [3.05, 3.63) is 0 Å². The summed E-state index contributed by atoms with van der Waals surface area (Å²) in [6, 6.07) is 0. The SMILES string of the molecule is CC1(C)CC(C(=O)CC(=O)C(C)(C)C)CC(C)(C)C1. The van der Waals surface area contributed by atoms with Crippen LogP contribution in [0.5, 0.6) is 0 Å². The van der Waals surface area contributed by atoms with Gasteiger partial charge in [-0.1, -0.05) is 48.5 Å². The van der Waals surface area contributed by atoms with Gasteiger partial charge in [0.15, 0.2) is 0 Å². The average Bonchev–Trinajstić information content (AvgIpc) is 2.10. The zero-order valence-electron chi connectivity index (χ0n) is 13.7. The molecule has 110 valence electrons. The predicted molar refractivity (Wildman–Crippen MR) is 79.0 cm³/mol. The van der Waals surface area contributed by atoms with E-state index in [0.29, 0.717) is 0 Å². The summed E-state index contributed by atoms with van der Waals surface area (Å²) in [6.07, 6.45) is 3.11. The van der Waals surface area contributed by atoms with Crippen LogP contribution in [0.3, 0.4) is 0 Å². The summed E-state index contributed by atoms with van der Waals surface area (Å²) in [4.78, 5) is 24.4. The average molecular weight is 266 g/mol. The molecule has 1 fully saturated rings. The molecule has 0 atom stereocenters. The maximum Gasteiger partial charge on any atom is 0.145 e. The molecule has 2 heteroatoms. The lowest BCUT2D eigenvalue weighted by molar-refractivity contribution is -0.135. The molecule has 0 saturated heterocycles. The number of hydrogen-bond donors (Lipinski definition) is 0. The van der Waals surface area contributed by atoms with Crippen LogP contribution in [0.4, 0.5) is 0 Å². The van der Waals surface area contributed by atoms with Crippen LogP contribution in [-0.4, -0.2) is 11.6 Å². The van der Waals surface area contributed by atoms with Gasteiger partial charge < -0.3 is 0 Å². The third-order valence-electron chi connectivity index (χ3n) is 4.18. The standard InChI is InChI=1S/C17H30O2/c1-15(2,3)14(19)8-13(18)12-9-16(4,5)11-17(6,7)10-12/h12H,8-11H2,1-7H3. The van der Waals surface area contributed by atoms with Crippen molar-refractivity contribution in [2.75, 3.05) is 0 Å². The fraction of sp³-hybridized carbons (Fsp3) is 0.882. The van der Waals surface area contributed by atoms with E-state index in [2.05, 4.69) is 27.7 Å². The third-order valence-corrected chi connectivity index (χ3v) is 4.18. The Morgan fingerprint density at radius 2 is 1.42 bits per heavy atom. The summed E-state index contributed by atoms with van der Waals surface area (Å²) >= 11 is 0. The van der Waals surface area contributed by atoms with Crippen LogP contribution >= 0.6 is 0 Å². The van der Waals surface area contributed by atoms with Crippen LogP contribution in [0, 0.1) is 22.2 Å². The molecule has 2 nitrogen and oxygen atoms in total. The number of carbonyl (C=O) groups excluding carboxylic acids is 2. The Morgan fingerprint density at radius 1 is 1.00 bits per heavy atom. The van der Waals surface area contributed by atoms with E-state index >= 15 is 0 Å². The van der Waals surface area contributed by atoms with Crippen molar-refractivity contribution in [1.82, 2.24) is 0 Å². The molecular formula is C17H30O2. The highest BCUT2D eigenvalue weighted by Crippen LogP contribution is 2.48. The molecule has 19 heavy (non-hydrogen) atoms. The van der Waals surface area contributed by atoms with Crippen molar-refractivity contribution in [3.8, 4) is 0 Å². The summed E-state index contributed by atoms with van der Waals surface area (Å²) in [6.45, 7) is 14.6. The maximum atomic E-state index is 12.4. The number of carbonyl (C=O) groups is 2. The van der Waals surface area contributed by atoms with Crippen molar-refractivity contribution in [2.24, 2.45) is 22.2 Å². The summed E-state index contributed by atoms with van der Waals surface area (Å²) in [5.41, 5.74) is -0.00488. The van der Waals surface area contributed by atoms with Crippen LogP contribution in [-0.2, 0) is 9.59 Å². The lowest BCUT2D eigenvalue weighted by Crippen LogP contribution is -2.38. The van der Waals surface area contributed by atoms with E-state index in [9.17, 15) is 9.59 Å². The minimum Gasteiger partial charge on any atom is -0.299 e. The van der Waals surface area contributed by atoms with Gasteiger partial charge in [0, 0.05) is 11.3 Å². The molecule has 0 aromatic carbocycles. The molecule has 0 heterocycles. The lowest BCUT2D eigenvalue weighted by atomic mass is 9.60. The molecule has 0 N–H and O–H groups in total. The molecule has 0 aliphatic heterocycles. The van der Waals surface area contributed by atoms with Crippen LogP contribution in [0.25, 0.3) is 0 Å². The summed E-state index contributed by atoms with van der Waals surface area (Å²) in [5.74, 6) is 0.282. The second-order valence-corrected chi connectivity index (χ2v) is 8.93. The molecule has 1 aliphatic carbocycles. The van der Waals surface area contributed by atoms with Crippen molar-refractivity contribution in [1.29, 1.82) is 0 Å². The Kier molecular flexibility index (Phi) is 4.34. The van der Waals surface area contributed by atoms with E-state index < -0.39 is 5.41 Å². The highest BCUT2D eigenvalue weighted by atomic mass is 16.1. The number of Topliss-reactive ketones (excluding diaryl/α,β-unsaturated/α-hetero) is 2. The summed E-state index contributed by atoms with van der Waals surface area (Å²) in [7, 11) is 0. The minimum absolute atomic E-state index is 0.0602. The first kappa shape index (κ1) is 16.4. The van der Waals surface area contributed by atoms with Crippen LogP contribution in [0.1, 0.15) is 74.1 Å². The van der Waals surface area contributed by atoms with E-state index in [1.165, 1.54) is 0 Å². The van der Waals surface area contributed by atoms with Gasteiger partial charge in [0.05, 0.1) is 6.42 Å². The molecule has 1 rings (SSSR count). The van der Waals surface area contributed by atoms with Gasteiger partial charge in [0.2, 0.25) is 0 Å². The first-order chi connectivity index (χ1) is 8.32. The van der Waals surface area contributed by atoms with Gasteiger partial charge in [-0.05, 0) is 30.1 Å². The Balaban J connectivity index is 2.75. The molecule has 0 aromatic heterocycles. The Bertz CT molecular complexity index is 353. The van der Waals surface area contributed by atoms with Gasteiger partial charge in [-0.15, -0.1) is 0 Å². The lowest BCUT2D eigenvalue weighted by Gasteiger charge is -2.44. The molecule has 1 saturated carbocycles. The maximum absolute atomic E-state index is 12.4. The molecule has 0 radical (unpaired) electrons. The summed E-state index contributed by atoms with van der Waals surface area (Å²) in [5, 5.41) is 0. The van der Waals surface area contributed by atoms with Gasteiger partial charge >= 0.3 is 0 Å². The zero-order valence-corrected chi connectivity index (χ0v) is 13.7. The molecule has 0 bridgehead atoms. The van der Waals surface area contributed by atoms with Crippen LogP contribution < -0.4 is 0 Å². The zero-order chi connectivity index (χ0) is 15.1. The highest BCUT2D eigenvalue weighted by Gasteiger charge is 2.41. The number of ketones is 2. The minimum atomic E-state index is -0.407. The van der Waals surface area contributed by atoms with Crippen molar-refractivity contribution >= 4 is 11.6 Å².